The van der Waals surface area contributed by atoms with Crippen LogP contribution in [0.1, 0.15) is 39.5 Å². The van der Waals surface area contributed by atoms with Crippen molar-refractivity contribution in [2.45, 2.75) is 51.9 Å². The standard InChI is InChI=1S/C12H20O2/c1-12(2)6-10-8-4-3-7(12)5-9(8)11(13)14-10/h7-11,13H,3-6H2,1-2H3. The summed E-state index contributed by atoms with van der Waals surface area (Å²) in [5.41, 5.74) is 0.425. The highest BCUT2D eigenvalue weighted by Crippen LogP contribution is 2.56. The lowest BCUT2D eigenvalue weighted by Gasteiger charge is -2.38. The summed E-state index contributed by atoms with van der Waals surface area (Å²) in [6.07, 6.45) is 4.85. The van der Waals surface area contributed by atoms with Crippen molar-refractivity contribution in [2.75, 3.05) is 0 Å². The van der Waals surface area contributed by atoms with Gasteiger partial charge in [0.15, 0.2) is 6.29 Å². The fourth-order valence-corrected chi connectivity index (χ4v) is 3.99. The molecule has 2 nitrogen and oxygen atoms in total. The number of rotatable bonds is 0. The SMILES string of the molecule is CC1(C)CC2OC(O)C3CC1CCC23. The molecule has 1 heterocycles. The van der Waals surface area contributed by atoms with Gasteiger partial charge in [0.2, 0.25) is 0 Å². The molecule has 0 radical (unpaired) electrons. The number of ether oxygens (including phenoxy) is 1. The van der Waals surface area contributed by atoms with Crippen LogP contribution < -0.4 is 0 Å². The molecule has 1 saturated heterocycles. The number of hydrogen-bond donors (Lipinski definition) is 1. The molecule has 1 aliphatic heterocycles. The molecule has 1 N–H and O–H groups in total. The van der Waals surface area contributed by atoms with Crippen molar-refractivity contribution in [3.8, 4) is 0 Å². The number of hydrogen-bond acceptors (Lipinski definition) is 2. The Bertz CT molecular complexity index is 249. The second kappa shape index (κ2) is 2.73. The van der Waals surface area contributed by atoms with Crippen LogP contribution >= 0.6 is 0 Å². The molecule has 0 spiro atoms. The zero-order valence-corrected chi connectivity index (χ0v) is 9.07. The first kappa shape index (κ1) is 9.17. The second-order valence-corrected chi connectivity index (χ2v) is 6.10. The van der Waals surface area contributed by atoms with E-state index in [1.54, 1.807) is 0 Å². The molecule has 5 atom stereocenters. The molecular weight excluding hydrogens is 176 g/mol. The summed E-state index contributed by atoms with van der Waals surface area (Å²) < 4.78 is 5.69. The summed E-state index contributed by atoms with van der Waals surface area (Å²) in [7, 11) is 0. The largest absolute Gasteiger partial charge is 0.368 e. The molecule has 4 bridgehead atoms. The third-order valence-corrected chi connectivity index (χ3v) is 4.95. The van der Waals surface area contributed by atoms with Crippen LogP contribution in [0.2, 0.25) is 0 Å². The molecule has 80 valence electrons. The highest BCUT2D eigenvalue weighted by atomic mass is 16.6. The Morgan fingerprint density at radius 3 is 2.79 bits per heavy atom. The lowest BCUT2D eigenvalue weighted by Crippen LogP contribution is -2.32. The van der Waals surface area contributed by atoms with Gasteiger partial charge in [-0.1, -0.05) is 13.8 Å². The second-order valence-electron chi connectivity index (χ2n) is 6.10. The lowest BCUT2D eigenvalue weighted by atomic mass is 9.69. The first-order valence-corrected chi connectivity index (χ1v) is 5.91. The Morgan fingerprint density at radius 2 is 2.00 bits per heavy atom. The Balaban J connectivity index is 1.96. The lowest BCUT2D eigenvalue weighted by molar-refractivity contribution is -0.131. The Kier molecular flexibility index (Phi) is 1.79. The number of fused-ring (bicyclic) bond motifs is 2. The quantitative estimate of drug-likeness (QED) is 0.643. The van der Waals surface area contributed by atoms with Gasteiger partial charge < -0.3 is 9.84 Å². The van der Waals surface area contributed by atoms with Crippen LogP contribution in [0, 0.1) is 23.2 Å². The van der Waals surface area contributed by atoms with Crippen molar-refractivity contribution >= 4 is 0 Å². The van der Waals surface area contributed by atoms with Crippen molar-refractivity contribution in [1.29, 1.82) is 0 Å². The van der Waals surface area contributed by atoms with Crippen LogP contribution in [0.5, 0.6) is 0 Å². The Labute approximate surface area is 85.6 Å². The molecular formula is C12H20O2. The van der Waals surface area contributed by atoms with Crippen molar-refractivity contribution in [3.63, 3.8) is 0 Å². The third kappa shape index (κ3) is 1.10. The molecule has 2 heteroatoms. The fourth-order valence-electron chi connectivity index (χ4n) is 3.99. The van der Waals surface area contributed by atoms with E-state index < -0.39 is 6.29 Å². The third-order valence-electron chi connectivity index (χ3n) is 4.95. The summed E-state index contributed by atoms with van der Waals surface area (Å²) in [4.78, 5) is 0. The molecule has 5 unspecified atom stereocenters. The van der Waals surface area contributed by atoms with Gasteiger partial charge in [0, 0.05) is 5.92 Å². The van der Waals surface area contributed by atoms with Gasteiger partial charge in [0.25, 0.3) is 0 Å². The van der Waals surface area contributed by atoms with Crippen LogP contribution in [0.3, 0.4) is 0 Å². The van der Waals surface area contributed by atoms with E-state index in [2.05, 4.69) is 13.8 Å². The van der Waals surface area contributed by atoms with Crippen molar-refractivity contribution < 1.29 is 9.84 Å². The first-order chi connectivity index (χ1) is 6.58. The molecule has 0 aromatic rings. The highest BCUT2D eigenvalue weighted by molar-refractivity contribution is 5.00. The summed E-state index contributed by atoms with van der Waals surface area (Å²) in [6, 6.07) is 0. The first-order valence-electron chi connectivity index (χ1n) is 5.91. The van der Waals surface area contributed by atoms with E-state index >= 15 is 0 Å². The van der Waals surface area contributed by atoms with Crippen molar-refractivity contribution in [1.82, 2.24) is 0 Å². The van der Waals surface area contributed by atoms with Crippen LogP contribution in [-0.4, -0.2) is 17.5 Å². The summed E-state index contributed by atoms with van der Waals surface area (Å²) in [6.45, 7) is 4.74. The predicted molar refractivity (Wildman–Crippen MR) is 53.6 cm³/mol. The number of aliphatic hydroxyl groups is 1. The molecule has 3 saturated carbocycles. The average molecular weight is 196 g/mol. The van der Waals surface area contributed by atoms with Gasteiger partial charge in [-0.15, -0.1) is 0 Å². The van der Waals surface area contributed by atoms with Crippen LogP contribution in [0.25, 0.3) is 0 Å². The fraction of sp³-hybridized carbons (Fsp3) is 1.00. The highest BCUT2D eigenvalue weighted by Gasteiger charge is 2.54. The molecule has 4 rings (SSSR count). The van der Waals surface area contributed by atoms with Crippen molar-refractivity contribution in [3.05, 3.63) is 0 Å². The minimum absolute atomic E-state index is 0.345. The smallest absolute Gasteiger partial charge is 0.158 e. The minimum atomic E-state index is -0.455. The van der Waals surface area contributed by atoms with Crippen LogP contribution in [0.15, 0.2) is 0 Å². The molecule has 0 amide bonds. The molecule has 4 fully saturated rings. The average Bonchev–Trinajstić information content (AvgIpc) is 2.31. The van der Waals surface area contributed by atoms with Gasteiger partial charge in [-0.05, 0) is 42.9 Å². The monoisotopic (exact) mass is 196 g/mol. The van der Waals surface area contributed by atoms with Gasteiger partial charge in [-0.25, -0.2) is 0 Å². The van der Waals surface area contributed by atoms with E-state index in [1.807, 2.05) is 0 Å². The van der Waals surface area contributed by atoms with Gasteiger partial charge in [0.1, 0.15) is 0 Å². The number of aliphatic hydroxyl groups excluding tert-OH is 1. The molecule has 0 aromatic heterocycles. The topological polar surface area (TPSA) is 29.5 Å². The van der Waals surface area contributed by atoms with E-state index in [0.29, 0.717) is 23.4 Å². The van der Waals surface area contributed by atoms with Gasteiger partial charge >= 0.3 is 0 Å². The van der Waals surface area contributed by atoms with Crippen LogP contribution in [0.4, 0.5) is 0 Å². The zero-order valence-electron chi connectivity index (χ0n) is 9.07. The van der Waals surface area contributed by atoms with Gasteiger partial charge in [-0.3, -0.25) is 0 Å². The minimum Gasteiger partial charge on any atom is -0.368 e. The van der Waals surface area contributed by atoms with Gasteiger partial charge in [-0.2, -0.15) is 0 Å². The van der Waals surface area contributed by atoms with Crippen molar-refractivity contribution in [2.24, 2.45) is 23.2 Å². The van der Waals surface area contributed by atoms with E-state index in [4.69, 9.17) is 4.74 Å². The maximum absolute atomic E-state index is 9.79. The summed E-state index contributed by atoms with van der Waals surface area (Å²) >= 11 is 0. The summed E-state index contributed by atoms with van der Waals surface area (Å²) in [5, 5.41) is 9.79. The Hall–Kier alpha value is -0.0800. The van der Waals surface area contributed by atoms with E-state index in [1.165, 1.54) is 19.3 Å². The maximum Gasteiger partial charge on any atom is 0.158 e. The predicted octanol–water partition coefficient (Wildman–Crippen LogP) is 2.17. The molecule has 14 heavy (non-hydrogen) atoms. The van der Waals surface area contributed by atoms with Gasteiger partial charge in [0.05, 0.1) is 6.10 Å². The van der Waals surface area contributed by atoms with E-state index in [-0.39, 0.29) is 0 Å². The maximum atomic E-state index is 9.79. The molecule has 3 aliphatic carbocycles. The molecule has 4 aliphatic rings. The van der Waals surface area contributed by atoms with Crippen LogP contribution in [-0.2, 0) is 4.74 Å². The normalized spacial score (nSPS) is 54.6. The molecule has 0 aromatic carbocycles. The summed E-state index contributed by atoms with van der Waals surface area (Å²) in [5.74, 6) is 1.91. The van der Waals surface area contributed by atoms with E-state index in [0.717, 1.165) is 12.3 Å². The van der Waals surface area contributed by atoms with E-state index in [9.17, 15) is 5.11 Å². The Morgan fingerprint density at radius 1 is 1.21 bits per heavy atom. The zero-order chi connectivity index (χ0) is 9.92.